The van der Waals surface area contributed by atoms with Gasteiger partial charge in [0, 0.05) is 13.0 Å². The summed E-state index contributed by atoms with van der Waals surface area (Å²) in [7, 11) is -5.74. The first-order valence-electron chi connectivity index (χ1n) is 2.83. The van der Waals surface area contributed by atoms with Crippen LogP contribution in [0.15, 0.2) is 0 Å². The van der Waals surface area contributed by atoms with Crippen molar-refractivity contribution in [2.45, 2.75) is 17.8 Å². The molecule has 0 spiro atoms. The van der Waals surface area contributed by atoms with E-state index < -0.39 is 34.6 Å². The van der Waals surface area contributed by atoms with Crippen LogP contribution in [0, 0.1) is 0 Å². The molecule has 0 aliphatic carbocycles. The average Bonchev–Trinajstić information content (AvgIpc) is 1.85. The van der Waals surface area contributed by atoms with Gasteiger partial charge in [-0.2, -0.15) is 17.2 Å². The number of aliphatic hydroxyl groups is 1. The SMILES string of the molecule is O=S(=O)(O)C(F)(F)C(F)CCO.[NaH]. The summed E-state index contributed by atoms with van der Waals surface area (Å²) >= 11 is 0. The van der Waals surface area contributed by atoms with Crippen LogP contribution in [0.2, 0.25) is 0 Å². The summed E-state index contributed by atoms with van der Waals surface area (Å²) in [6.45, 7) is -0.924. The number of aliphatic hydroxyl groups excluding tert-OH is 1. The molecule has 0 heterocycles. The van der Waals surface area contributed by atoms with Crippen molar-refractivity contribution in [1.82, 2.24) is 0 Å². The van der Waals surface area contributed by atoms with E-state index in [0.29, 0.717) is 0 Å². The Morgan fingerprint density at radius 2 is 1.77 bits per heavy atom. The third kappa shape index (κ3) is 4.13. The van der Waals surface area contributed by atoms with Crippen molar-refractivity contribution in [1.29, 1.82) is 0 Å². The van der Waals surface area contributed by atoms with E-state index in [9.17, 15) is 21.6 Å². The zero-order valence-corrected chi connectivity index (χ0v) is 6.56. The van der Waals surface area contributed by atoms with E-state index in [0.717, 1.165) is 0 Å². The van der Waals surface area contributed by atoms with Crippen molar-refractivity contribution in [2.24, 2.45) is 0 Å². The van der Waals surface area contributed by atoms with Gasteiger partial charge in [-0.05, 0) is 0 Å². The van der Waals surface area contributed by atoms with E-state index in [1.165, 1.54) is 0 Å². The van der Waals surface area contributed by atoms with Crippen LogP contribution in [0.5, 0.6) is 0 Å². The van der Waals surface area contributed by atoms with Gasteiger partial charge in [-0.1, -0.05) is 0 Å². The molecule has 13 heavy (non-hydrogen) atoms. The first-order chi connectivity index (χ1) is 5.23. The minimum absolute atomic E-state index is 0. The molecule has 4 nitrogen and oxygen atoms in total. The zero-order valence-electron chi connectivity index (χ0n) is 5.74. The van der Waals surface area contributed by atoms with E-state index in [4.69, 9.17) is 9.66 Å². The summed E-state index contributed by atoms with van der Waals surface area (Å²) in [5.41, 5.74) is 0. The van der Waals surface area contributed by atoms with E-state index in [2.05, 4.69) is 0 Å². The Morgan fingerprint density at radius 1 is 1.38 bits per heavy atom. The second-order valence-electron chi connectivity index (χ2n) is 2.02. The molecular weight excluding hydrogens is 224 g/mol. The molecule has 0 bridgehead atoms. The Balaban J connectivity index is 0. The number of hydrogen-bond donors (Lipinski definition) is 2. The molecule has 0 aliphatic heterocycles. The van der Waals surface area contributed by atoms with Crippen molar-refractivity contribution in [3.05, 3.63) is 0 Å². The third-order valence-electron chi connectivity index (χ3n) is 1.09. The molecule has 0 saturated heterocycles. The van der Waals surface area contributed by atoms with Gasteiger partial charge < -0.3 is 5.11 Å². The summed E-state index contributed by atoms with van der Waals surface area (Å²) in [5.74, 6) is 0. The topological polar surface area (TPSA) is 74.6 Å². The van der Waals surface area contributed by atoms with Gasteiger partial charge >= 0.3 is 44.9 Å². The molecule has 0 fully saturated rings. The van der Waals surface area contributed by atoms with Crippen molar-refractivity contribution < 1.29 is 31.2 Å². The van der Waals surface area contributed by atoms with Crippen LogP contribution >= 0.6 is 0 Å². The summed E-state index contributed by atoms with van der Waals surface area (Å²) in [4.78, 5) is 0. The Kier molecular flexibility index (Phi) is 6.84. The molecule has 0 aliphatic rings. The first kappa shape index (κ1) is 16.1. The van der Waals surface area contributed by atoms with Crippen molar-refractivity contribution >= 4 is 39.7 Å². The molecule has 0 aromatic heterocycles. The summed E-state index contributed by atoms with van der Waals surface area (Å²) in [6, 6.07) is 0. The quantitative estimate of drug-likeness (QED) is 0.508. The number of halogens is 3. The van der Waals surface area contributed by atoms with Crippen molar-refractivity contribution in [3.63, 3.8) is 0 Å². The fourth-order valence-corrected chi connectivity index (χ4v) is 0.884. The molecule has 76 valence electrons. The summed E-state index contributed by atoms with van der Waals surface area (Å²) in [6.07, 6.45) is -4.15. The fraction of sp³-hybridized carbons (Fsp3) is 1.00. The van der Waals surface area contributed by atoms with Gasteiger partial charge in [0.15, 0.2) is 6.17 Å². The Bertz CT molecular complexity index is 242. The van der Waals surface area contributed by atoms with Gasteiger partial charge in [0.05, 0.1) is 0 Å². The molecule has 2 N–H and O–H groups in total. The molecular formula is C4H8F3NaO4S. The van der Waals surface area contributed by atoms with Crippen LogP contribution in [-0.4, -0.2) is 65.7 Å². The Labute approximate surface area is 95.2 Å². The molecule has 0 saturated carbocycles. The van der Waals surface area contributed by atoms with E-state index in [1.807, 2.05) is 0 Å². The van der Waals surface area contributed by atoms with E-state index in [-0.39, 0.29) is 29.6 Å². The molecule has 1 unspecified atom stereocenters. The second kappa shape index (κ2) is 5.52. The maximum absolute atomic E-state index is 12.2. The molecule has 0 aromatic rings. The monoisotopic (exact) mass is 232 g/mol. The van der Waals surface area contributed by atoms with Crippen LogP contribution in [0.25, 0.3) is 0 Å². The van der Waals surface area contributed by atoms with E-state index >= 15 is 0 Å². The number of hydrogen-bond acceptors (Lipinski definition) is 3. The summed E-state index contributed by atoms with van der Waals surface area (Å²) < 4.78 is 64.2. The molecule has 0 amide bonds. The molecule has 9 heteroatoms. The number of alkyl halides is 3. The van der Waals surface area contributed by atoms with Crippen LogP contribution in [-0.2, 0) is 10.1 Å². The molecule has 0 rings (SSSR count). The number of rotatable bonds is 4. The van der Waals surface area contributed by atoms with Gasteiger partial charge in [-0.15, -0.1) is 0 Å². The van der Waals surface area contributed by atoms with Gasteiger partial charge in [0.2, 0.25) is 0 Å². The van der Waals surface area contributed by atoms with Crippen LogP contribution in [0.4, 0.5) is 13.2 Å². The Morgan fingerprint density at radius 3 is 2.00 bits per heavy atom. The maximum atomic E-state index is 12.2. The van der Waals surface area contributed by atoms with Gasteiger partial charge in [-0.3, -0.25) is 4.55 Å². The average molecular weight is 232 g/mol. The van der Waals surface area contributed by atoms with Gasteiger partial charge in [0.25, 0.3) is 0 Å². The Hall–Kier alpha value is 0.660. The molecule has 1 atom stereocenters. The van der Waals surface area contributed by atoms with E-state index in [1.54, 1.807) is 0 Å². The van der Waals surface area contributed by atoms with Gasteiger partial charge in [0.1, 0.15) is 0 Å². The second-order valence-corrected chi connectivity index (χ2v) is 3.51. The molecule has 0 aromatic carbocycles. The van der Waals surface area contributed by atoms with Crippen LogP contribution in [0.1, 0.15) is 6.42 Å². The predicted octanol–water partition coefficient (Wildman–Crippen LogP) is -0.461. The van der Waals surface area contributed by atoms with Crippen LogP contribution < -0.4 is 0 Å². The van der Waals surface area contributed by atoms with Crippen molar-refractivity contribution in [3.8, 4) is 0 Å². The minimum atomic E-state index is -5.74. The van der Waals surface area contributed by atoms with Crippen LogP contribution in [0.3, 0.4) is 0 Å². The third-order valence-corrected chi connectivity index (χ3v) is 2.03. The predicted molar refractivity (Wildman–Crippen MR) is 40.2 cm³/mol. The van der Waals surface area contributed by atoms with Crippen molar-refractivity contribution in [2.75, 3.05) is 6.61 Å². The molecule has 0 radical (unpaired) electrons. The standard InChI is InChI=1S/C4H7F3O4S.Na.H/c5-3(1-2-8)4(6,7)12(9,10)11;;/h3,8H,1-2H2,(H,9,10,11);;. The summed E-state index contributed by atoms with van der Waals surface area (Å²) in [5, 5.41) is 3.16. The van der Waals surface area contributed by atoms with Gasteiger partial charge in [-0.25, -0.2) is 4.39 Å². The normalized spacial score (nSPS) is 14.8. The zero-order chi connectivity index (χ0) is 9.99. The fourth-order valence-electron chi connectivity index (χ4n) is 0.443. The first-order valence-corrected chi connectivity index (χ1v) is 4.27.